The van der Waals surface area contributed by atoms with Crippen LogP contribution in [0.2, 0.25) is 0 Å². The normalized spacial score (nSPS) is 17.4. The molecule has 1 aliphatic heterocycles. The molecule has 19 heavy (non-hydrogen) atoms. The molecule has 0 aromatic heterocycles. The summed E-state index contributed by atoms with van der Waals surface area (Å²) in [6.45, 7) is 1.04. The molecule has 2 heteroatoms. The maximum Gasteiger partial charge on any atom is 0.120 e. The number of rotatable bonds is 3. The molecular formula is C17H19NO. The lowest BCUT2D eigenvalue weighted by molar-refractivity contribution is 0.414. The van der Waals surface area contributed by atoms with E-state index >= 15 is 0 Å². The molecule has 1 heterocycles. The van der Waals surface area contributed by atoms with Crippen LogP contribution in [0, 0.1) is 5.92 Å². The molecule has 1 N–H and O–H groups in total. The minimum absolute atomic E-state index is 0.670. The number of nitrogens with one attached hydrogen (secondary N) is 1. The lowest BCUT2D eigenvalue weighted by Gasteiger charge is -2.26. The van der Waals surface area contributed by atoms with Gasteiger partial charge in [0.25, 0.3) is 0 Å². The number of ether oxygens (including phenoxy) is 1. The summed E-state index contributed by atoms with van der Waals surface area (Å²) in [5, 5.41) is 3.53. The van der Waals surface area contributed by atoms with E-state index in [0.29, 0.717) is 5.92 Å². The zero-order chi connectivity index (χ0) is 13.1. The van der Waals surface area contributed by atoms with E-state index in [2.05, 4.69) is 47.8 Å². The molecule has 1 aliphatic rings. The first-order chi connectivity index (χ1) is 9.35. The van der Waals surface area contributed by atoms with E-state index in [4.69, 9.17) is 4.74 Å². The zero-order valence-corrected chi connectivity index (χ0v) is 11.2. The van der Waals surface area contributed by atoms with Gasteiger partial charge in [0, 0.05) is 18.3 Å². The van der Waals surface area contributed by atoms with E-state index < -0.39 is 0 Å². The van der Waals surface area contributed by atoms with Gasteiger partial charge in [-0.2, -0.15) is 0 Å². The summed E-state index contributed by atoms with van der Waals surface area (Å²) < 4.78 is 5.26. The van der Waals surface area contributed by atoms with E-state index in [1.54, 1.807) is 7.11 Å². The van der Waals surface area contributed by atoms with E-state index in [9.17, 15) is 0 Å². The highest BCUT2D eigenvalue weighted by atomic mass is 16.5. The summed E-state index contributed by atoms with van der Waals surface area (Å²) in [5.74, 6) is 1.59. The van der Waals surface area contributed by atoms with Gasteiger partial charge in [0.05, 0.1) is 7.11 Å². The summed E-state index contributed by atoms with van der Waals surface area (Å²) in [6, 6.07) is 17.0. The average molecular weight is 253 g/mol. The fraction of sp³-hybridized carbons (Fsp3) is 0.294. The third-order valence-corrected chi connectivity index (χ3v) is 3.77. The molecule has 0 fully saturated rings. The van der Waals surface area contributed by atoms with Gasteiger partial charge in [-0.25, -0.2) is 0 Å². The third kappa shape index (κ3) is 2.73. The second-order valence-electron chi connectivity index (χ2n) is 5.16. The maximum atomic E-state index is 5.26. The van der Waals surface area contributed by atoms with Gasteiger partial charge in [0.2, 0.25) is 0 Å². The van der Waals surface area contributed by atoms with E-state index in [0.717, 1.165) is 25.1 Å². The maximum absolute atomic E-state index is 5.26. The van der Waals surface area contributed by atoms with Crippen molar-refractivity contribution in [2.45, 2.75) is 12.8 Å². The predicted octanol–water partition coefficient (Wildman–Crippen LogP) is 3.52. The molecule has 3 rings (SSSR count). The molecule has 0 saturated carbocycles. The molecule has 0 amide bonds. The molecule has 2 nitrogen and oxygen atoms in total. The van der Waals surface area contributed by atoms with Crippen molar-refractivity contribution in [1.29, 1.82) is 0 Å². The number of hydrogen-bond acceptors (Lipinski definition) is 2. The first-order valence-corrected chi connectivity index (χ1v) is 6.80. The Kier molecular flexibility index (Phi) is 3.41. The monoisotopic (exact) mass is 253 g/mol. The van der Waals surface area contributed by atoms with E-state index in [1.165, 1.54) is 16.8 Å². The summed E-state index contributed by atoms with van der Waals surface area (Å²) in [4.78, 5) is 0. The molecule has 0 aliphatic carbocycles. The number of benzene rings is 2. The van der Waals surface area contributed by atoms with Gasteiger partial charge in [0.1, 0.15) is 5.75 Å². The number of anilines is 1. The quantitative estimate of drug-likeness (QED) is 0.903. The fourth-order valence-electron chi connectivity index (χ4n) is 2.75. The standard InChI is InChI=1S/C17H19NO/c1-19-16-8-7-15-10-14(12-18-17(15)11-16)9-13-5-3-2-4-6-13/h2-8,11,14,18H,9-10,12H2,1H3. The zero-order valence-electron chi connectivity index (χ0n) is 11.2. The Balaban J connectivity index is 1.72. The van der Waals surface area contributed by atoms with Crippen molar-refractivity contribution in [1.82, 2.24) is 0 Å². The first kappa shape index (κ1) is 12.1. The molecule has 1 unspecified atom stereocenters. The molecule has 2 aromatic rings. The molecule has 0 spiro atoms. The number of hydrogen-bond donors (Lipinski definition) is 1. The smallest absolute Gasteiger partial charge is 0.120 e. The molecule has 0 saturated heterocycles. The van der Waals surface area contributed by atoms with Crippen LogP contribution in [0.3, 0.4) is 0 Å². The van der Waals surface area contributed by atoms with Crippen LogP contribution in [0.5, 0.6) is 5.75 Å². The first-order valence-electron chi connectivity index (χ1n) is 6.80. The Morgan fingerprint density at radius 1 is 1.16 bits per heavy atom. The van der Waals surface area contributed by atoms with Gasteiger partial charge >= 0.3 is 0 Å². The fourth-order valence-corrected chi connectivity index (χ4v) is 2.75. The van der Waals surface area contributed by atoms with Crippen molar-refractivity contribution in [3.63, 3.8) is 0 Å². The summed E-state index contributed by atoms with van der Waals surface area (Å²) >= 11 is 0. The van der Waals surface area contributed by atoms with Crippen molar-refractivity contribution in [2.24, 2.45) is 5.92 Å². The second kappa shape index (κ2) is 5.35. The Morgan fingerprint density at radius 3 is 2.79 bits per heavy atom. The third-order valence-electron chi connectivity index (χ3n) is 3.77. The average Bonchev–Trinajstić information content (AvgIpc) is 2.48. The van der Waals surface area contributed by atoms with Crippen molar-refractivity contribution in [2.75, 3.05) is 19.0 Å². The molecule has 2 aromatic carbocycles. The second-order valence-corrected chi connectivity index (χ2v) is 5.16. The van der Waals surface area contributed by atoms with E-state index in [1.807, 2.05) is 6.07 Å². The van der Waals surface area contributed by atoms with Crippen LogP contribution in [-0.2, 0) is 12.8 Å². The topological polar surface area (TPSA) is 21.3 Å². The Morgan fingerprint density at radius 2 is 2.00 bits per heavy atom. The van der Waals surface area contributed by atoms with Gasteiger partial charge in [-0.15, -0.1) is 0 Å². The molecule has 1 atom stereocenters. The van der Waals surface area contributed by atoms with Crippen LogP contribution in [0.15, 0.2) is 48.5 Å². The van der Waals surface area contributed by atoms with Crippen LogP contribution in [0.4, 0.5) is 5.69 Å². The minimum Gasteiger partial charge on any atom is -0.497 e. The van der Waals surface area contributed by atoms with Crippen LogP contribution < -0.4 is 10.1 Å². The van der Waals surface area contributed by atoms with Crippen LogP contribution in [-0.4, -0.2) is 13.7 Å². The molecule has 98 valence electrons. The van der Waals surface area contributed by atoms with Crippen molar-refractivity contribution >= 4 is 5.69 Å². The van der Waals surface area contributed by atoms with Crippen LogP contribution in [0.25, 0.3) is 0 Å². The summed E-state index contributed by atoms with van der Waals surface area (Å²) in [6.07, 6.45) is 2.28. The lowest BCUT2D eigenvalue weighted by Crippen LogP contribution is -2.24. The number of methoxy groups -OCH3 is 1. The Hall–Kier alpha value is -1.96. The van der Waals surface area contributed by atoms with Crippen molar-refractivity contribution in [3.8, 4) is 5.75 Å². The Bertz CT molecular complexity index is 550. The van der Waals surface area contributed by atoms with Crippen LogP contribution >= 0.6 is 0 Å². The van der Waals surface area contributed by atoms with Crippen molar-refractivity contribution < 1.29 is 4.74 Å². The van der Waals surface area contributed by atoms with Gasteiger partial charge in [-0.05, 0) is 36.0 Å². The lowest BCUT2D eigenvalue weighted by atomic mass is 9.89. The predicted molar refractivity (Wildman–Crippen MR) is 78.8 cm³/mol. The summed E-state index contributed by atoms with van der Waals surface area (Å²) in [7, 11) is 1.71. The van der Waals surface area contributed by atoms with Gasteiger partial charge in [-0.1, -0.05) is 36.4 Å². The van der Waals surface area contributed by atoms with E-state index in [-0.39, 0.29) is 0 Å². The number of fused-ring (bicyclic) bond motifs is 1. The van der Waals surface area contributed by atoms with Gasteiger partial charge in [-0.3, -0.25) is 0 Å². The largest absolute Gasteiger partial charge is 0.497 e. The molecular weight excluding hydrogens is 234 g/mol. The highest BCUT2D eigenvalue weighted by Gasteiger charge is 2.18. The highest BCUT2D eigenvalue weighted by Crippen LogP contribution is 2.29. The van der Waals surface area contributed by atoms with Gasteiger partial charge in [0.15, 0.2) is 0 Å². The SMILES string of the molecule is COc1ccc2c(c1)NCC(Cc1ccccc1)C2. The highest BCUT2D eigenvalue weighted by molar-refractivity contribution is 5.57. The Labute approximate surface area is 114 Å². The van der Waals surface area contributed by atoms with Crippen molar-refractivity contribution in [3.05, 3.63) is 59.7 Å². The molecule has 0 radical (unpaired) electrons. The van der Waals surface area contributed by atoms with Crippen LogP contribution in [0.1, 0.15) is 11.1 Å². The minimum atomic E-state index is 0.670. The molecule has 0 bridgehead atoms. The van der Waals surface area contributed by atoms with Gasteiger partial charge < -0.3 is 10.1 Å². The summed E-state index contributed by atoms with van der Waals surface area (Å²) in [5.41, 5.74) is 4.04.